The highest BCUT2D eigenvalue weighted by Crippen LogP contribution is 2.06. The molecule has 0 spiro atoms. The van der Waals surface area contributed by atoms with E-state index in [1.165, 1.54) is 16.7 Å². The Morgan fingerprint density at radius 2 is 1.58 bits per heavy atom. The Morgan fingerprint density at radius 3 is 2.21 bits per heavy atom. The third kappa shape index (κ3) is 4.47. The van der Waals surface area contributed by atoms with Crippen molar-refractivity contribution in [2.45, 2.75) is 26.6 Å². The normalized spacial score (nSPS) is 10.6. The number of nitrogens with one attached hydrogen (secondary N) is 1. The zero-order valence-corrected chi connectivity index (χ0v) is 11.5. The average Bonchev–Trinajstić information content (AvgIpc) is 2.43. The molecular formula is C16H20N2O. The van der Waals surface area contributed by atoms with E-state index in [-0.39, 0.29) is 0 Å². The van der Waals surface area contributed by atoms with Crippen molar-refractivity contribution < 1.29 is 4.74 Å². The van der Waals surface area contributed by atoms with E-state index in [0.29, 0.717) is 6.61 Å². The summed E-state index contributed by atoms with van der Waals surface area (Å²) in [5, 5.41) is 3.42. The van der Waals surface area contributed by atoms with Crippen molar-refractivity contribution in [3.05, 3.63) is 65.0 Å². The molecular weight excluding hydrogens is 236 g/mol. The monoisotopic (exact) mass is 256 g/mol. The van der Waals surface area contributed by atoms with Crippen LogP contribution in [-0.2, 0) is 24.4 Å². The Balaban J connectivity index is 1.80. The van der Waals surface area contributed by atoms with Crippen LogP contribution in [0.3, 0.4) is 0 Å². The Labute approximate surface area is 114 Å². The van der Waals surface area contributed by atoms with Gasteiger partial charge in [-0.15, -0.1) is 0 Å². The molecule has 0 saturated heterocycles. The third-order valence-electron chi connectivity index (χ3n) is 2.96. The van der Waals surface area contributed by atoms with Crippen LogP contribution in [0.1, 0.15) is 22.4 Å². The fraction of sp³-hybridized carbons (Fsp3) is 0.312. The van der Waals surface area contributed by atoms with Gasteiger partial charge in [-0.1, -0.05) is 30.3 Å². The summed E-state index contributed by atoms with van der Waals surface area (Å²) in [7, 11) is 1.71. The first kappa shape index (κ1) is 13.7. The molecule has 0 bridgehead atoms. The van der Waals surface area contributed by atoms with Crippen LogP contribution < -0.4 is 5.32 Å². The number of nitrogens with zero attached hydrogens (tertiary/aromatic N) is 1. The smallest absolute Gasteiger partial charge is 0.0713 e. The lowest BCUT2D eigenvalue weighted by molar-refractivity contribution is 0.185. The van der Waals surface area contributed by atoms with Gasteiger partial charge in [-0.2, -0.15) is 0 Å². The van der Waals surface area contributed by atoms with Crippen LogP contribution in [-0.4, -0.2) is 12.1 Å². The van der Waals surface area contributed by atoms with Gasteiger partial charge in [0.05, 0.1) is 6.61 Å². The van der Waals surface area contributed by atoms with Gasteiger partial charge in [-0.25, -0.2) is 0 Å². The minimum Gasteiger partial charge on any atom is -0.380 e. The SMILES string of the molecule is COCc1ccc(CNCc2ccc(C)nc2)cc1. The van der Waals surface area contributed by atoms with E-state index in [4.69, 9.17) is 4.74 Å². The molecule has 0 aliphatic heterocycles. The van der Waals surface area contributed by atoms with Gasteiger partial charge >= 0.3 is 0 Å². The van der Waals surface area contributed by atoms with Crippen molar-refractivity contribution in [3.63, 3.8) is 0 Å². The summed E-state index contributed by atoms with van der Waals surface area (Å²) in [6.45, 7) is 4.37. The summed E-state index contributed by atoms with van der Waals surface area (Å²) >= 11 is 0. The molecule has 1 N–H and O–H groups in total. The highest BCUT2D eigenvalue weighted by molar-refractivity contribution is 5.22. The number of aryl methyl sites for hydroxylation is 1. The summed E-state index contributed by atoms with van der Waals surface area (Å²) in [5.74, 6) is 0. The molecule has 0 fully saturated rings. The number of methoxy groups -OCH3 is 1. The summed E-state index contributed by atoms with van der Waals surface area (Å²) in [6, 6.07) is 12.6. The minimum absolute atomic E-state index is 0.669. The first-order valence-electron chi connectivity index (χ1n) is 6.47. The van der Waals surface area contributed by atoms with Crippen LogP contribution >= 0.6 is 0 Å². The first-order chi connectivity index (χ1) is 9.28. The molecule has 0 atom stereocenters. The number of hydrogen-bond acceptors (Lipinski definition) is 3. The molecule has 0 unspecified atom stereocenters. The van der Waals surface area contributed by atoms with Crippen LogP contribution in [0, 0.1) is 6.92 Å². The van der Waals surface area contributed by atoms with Crippen LogP contribution in [0.25, 0.3) is 0 Å². The van der Waals surface area contributed by atoms with Crippen molar-refractivity contribution in [1.29, 1.82) is 0 Å². The van der Waals surface area contributed by atoms with Crippen molar-refractivity contribution in [1.82, 2.24) is 10.3 Å². The Morgan fingerprint density at radius 1 is 0.947 bits per heavy atom. The molecule has 3 heteroatoms. The van der Waals surface area contributed by atoms with Gasteiger partial charge in [0.15, 0.2) is 0 Å². The van der Waals surface area contributed by atoms with Crippen LogP contribution in [0.2, 0.25) is 0 Å². The standard InChI is InChI=1S/C16H20N2O/c1-13-3-4-16(11-18-13)10-17-9-14-5-7-15(8-6-14)12-19-2/h3-8,11,17H,9-10,12H2,1-2H3. The second-order valence-corrected chi connectivity index (χ2v) is 4.66. The van der Waals surface area contributed by atoms with E-state index in [1.54, 1.807) is 7.11 Å². The number of benzene rings is 1. The van der Waals surface area contributed by atoms with Crippen molar-refractivity contribution in [2.75, 3.05) is 7.11 Å². The van der Waals surface area contributed by atoms with E-state index in [0.717, 1.165) is 18.8 Å². The van der Waals surface area contributed by atoms with Gasteiger partial charge < -0.3 is 10.1 Å². The lowest BCUT2D eigenvalue weighted by atomic mass is 10.1. The number of ether oxygens (including phenoxy) is 1. The number of hydrogen-bond donors (Lipinski definition) is 1. The summed E-state index contributed by atoms with van der Waals surface area (Å²) < 4.78 is 5.09. The van der Waals surface area contributed by atoms with Crippen LogP contribution in [0.4, 0.5) is 0 Å². The molecule has 0 amide bonds. The molecule has 1 aromatic carbocycles. The van der Waals surface area contributed by atoms with E-state index >= 15 is 0 Å². The molecule has 0 aliphatic carbocycles. The quantitative estimate of drug-likeness (QED) is 0.863. The second-order valence-electron chi connectivity index (χ2n) is 4.66. The Kier molecular flexibility index (Phi) is 5.07. The van der Waals surface area contributed by atoms with Crippen LogP contribution in [0.5, 0.6) is 0 Å². The number of pyridine rings is 1. The van der Waals surface area contributed by atoms with Crippen molar-refractivity contribution in [2.24, 2.45) is 0 Å². The van der Waals surface area contributed by atoms with E-state index in [2.05, 4.69) is 40.6 Å². The highest BCUT2D eigenvalue weighted by Gasteiger charge is 1.96. The fourth-order valence-corrected chi connectivity index (χ4v) is 1.87. The van der Waals surface area contributed by atoms with Crippen molar-refractivity contribution >= 4 is 0 Å². The van der Waals surface area contributed by atoms with Gasteiger partial charge in [0.2, 0.25) is 0 Å². The molecule has 1 aromatic heterocycles. The molecule has 3 nitrogen and oxygen atoms in total. The third-order valence-corrected chi connectivity index (χ3v) is 2.96. The number of aromatic nitrogens is 1. The van der Waals surface area contributed by atoms with Crippen LogP contribution in [0.15, 0.2) is 42.6 Å². The summed E-state index contributed by atoms with van der Waals surface area (Å²) in [6.07, 6.45) is 1.92. The lowest BCUT2D eigenvalue weighted by Gasteiger charge is -2.06. The van der Waals surface area contributed by atoms with Gasteiger partial charge in [0.1, 0.15) is 0 Å². The summed E-state index contributed by atoms with van der Waals surface area (Å²) in [5.41, 5.74) is 4.74. The van der Waals surface area contributed by atoms with E-state index < -0.39 is 0 Å². The first-order valence-corrected chi connectivity index (χ1v) is 6.47. The van der Waals surface area contributed by atoms with Crippen molar-refractivity contribution in [3.8, 4) is 0 Å². The molecule has 100 valence electrons. The zero-order chi connectivity index (χ0) is 13.5. The van der Waals surface area contributed by atoms with Gasteiger partial charge in [0, 0.05) is 32.1 Å². The number of rotatable bonds is 6. The second kappa shape index (κ2) is 7.02. The topological polar surface area (TPSA) is 34.1 Å². The Bertz CT molecular complexity index is 491. The highest BCUT2D eigenvalue weighted by atomic mass is 16.5. The predicted molar refractivity (Wildman–Crippen MR) is 76.7 cm³/mol. The Hall–Kier alpha value is -1.71. The molecule has 1 heterocycles. The maximum absolute atomic E-state index is 5.09. The molecule has 2 rings (SSSR count). The van der Waals surface area contributed by atoms with Gasteiger partial charge in [-0.05, 0) is 29.7 Å². The van der Waals surface area contributed by atoms with Gasteiger partial charge in [0.25, 0.3) is 0 Å². The summed E-state index contributed by atoms with van der Waals surface area (Å²) in [4.78, 5) is 4.28. The molecule has 0 saturated carbocycles. The minimum atomic E-state index is 0.669. The molecule has 0 radical (unpaired) electrons. The maximum atomic E-state index is 5.09. The predicted octanol–water partition coefficient (Wildman–Crippen LogP) is 2.83. The maximum Gasteiger partial charge on any atom is 0.0713 e. The lowest BCUT2D eigenvalue weighted by Crippen LogP contribution is -2.12. The zero-order valence-electron chi connectivity index (χ0n) is 11.5. The average molecular weight is 256 g/mol. The van der Waals surface area contributed by atoms with E-state index in [9.17, 15) is 0 Å². The molecule has 0 aliphatic rings. The van der Waals surface area contributed by atoms with Gasteiger partial charge in [-0.3, -0.25) is 4.98 Å². The fourth-order valence-electron chi connectivity index (χ4n) is 1.87. The molecule has 19 heavy (non-hydrogen) atoms. The largest absolute Gasteiger partial charge is 0.380 e. The van der Waals surface area contributed by atoms with E-state index in [1.807, 2.05) is 19.2 Å². The molecule has 2 aromatic rings.